The first-order chi connectivity index (χ1) is 14.5. The number of hydrogen-bond donors (Lipinski definition) is 1. The topological polar surface area (TPSA) is 108 Å². The molecule has 0 bridgehead atoms. The molecule has 1 N–H and O–H groups in total. The van der Waals surface area contributed by atoms with E-state index in [1.807, 2.05) is 30.3 Å². The number of esters is 2. The number of methoxy groups -OCH3 is 1. The fraction of sp³-hybridized carbons (Fsp3) is 0.182. The second-order valence-corrected chi connectivity index (χ2v) is 6.39. The zero-order valence-corrected chi connectivity index (χ0v) is 16.5. The van der Waals surface area contributed by atoms with Crippen molar-refractivity contribution in [2.75, 3.05) is 13.7 Å². The largest absolute Gasteiger partial charge is 0.466 e. The lowest BCUT2D eigenvalue weighted by Gasteiger charge is -2.29. The molecule has 0 aromatic heterocycles. The SMILES string of the molecule is CCOC(=O)C1=C(c2ccccc2)NC(c2ccc([N+](=O)[O-])cc2)C(C(=O)OC)=C1. The van der Waals surface area contributed by atoms with E-state index in [4.69, 9.17) is 9.47 Å². The third-order valence-corrected chi connectivity index (χ3v) is 4.59. The number of carbonyl (C=O) groups excluding carboxylic acids is 2. The first-order valence-electron chi connectivity index (χ1n) is 9.23. The van der Waals surface area contributed by atoms with Gasteiger partial charge in [-0.15, -0.1) is 0 Å². The zero-order chi connectivity index (χ0) is 21.7. The molecule has 1 atom stereocenters. The smallest absolute Gasteiger partial charge is 0.340 e. The second-order valence-electron chi connectivity index (χ2n) is 6.39. The highest BCUT2D eigenvalue weighted by Crippen LogP contribution is 2.34. The van der Waals surface area contributed by atoms with Crippen LogP contribution in [0.5, 0.6) is 0 Å². The van der Waals surface area contributed by atoms with Crippen LogP contribution in [0.4, 0.5) is 5.69 Å². The van der Waals surface area contributed by atoms with E-state index in [2.05, 4.69) is 5.32 Å². The molecular weight excluding hydrogens is 388 g/mol. The molecule has 30 heavy (non-hydrogen) atoms. The standard InChI is InChI=1S/C22H20N2O6/c1-3-30-22(26)18-13-17(21(25)29-2)20(15-9-11-16(12-10-15)24(27)28)23-19(18)14-7-5-4-6-8-14/h4-13,20,23H,3H2,1-2H3. The quantitative estimate of drug-likeness (QED) is 0.444. The van der Waals surface area contributed by atoms with E-state index >= 15 is 0 Å². The van der Waals surface area contributed by atoms with Crippen molar-refractivity contribution in [1.82, 2.24) is 5.32 Å². The molecule has 1 aliphatic rings. The van der Waals surface area contributed by atoms with Crippen LogP contribution in [0, 0.1) is 10.1 Å². The predicted molar refractivity (Wildman–Crippen MR) is 109 cm³/mol. The Kier molecular flexibility index (Phi) is 6.26. The zero-order valence-electron chi connectivity index (χ0n) is 16.5. The van der Waals surface area contributed by atoms with Gasteiger partial charge in [-0.2, -0.15) is 0 Å². The van der Waals surface area contributed by atoms with Crippen LogP contribution in [0.2, 0.25) is 0 Å². The number of benzene rings is 2. The normalized spacial score (nSPS) is 15.7. The van der Waals surface area contributed by atoms with Crippen molar-refractivity contribution in [2.45, 2.75) is 13.0 Å². The number of nitro benzene ring substituents is 1. The lowest BCUT2D eigenvalue weighted by molar-refractivity contribution is -0.384. The van der Waals surface area contributed by atoms with E-state index in [1.165, 1.54) is 25.3 Å². The first kappa shape index (κ1) is 20.8. The molecule has 0 spiro atoms. The highest BCUT2D eigenvalue weighted by Gasteiger charge is 2.32. The van der Waals surface area contributed by atoms with E-state index in [0.717, 1.165) is 5.56 Å². The Hall–Kier alpha value is -3.94. The molecule has 1 aliphatic heterocycles. The molecule has 0 saturated heterocycles. The van der Waals surface area contributed by atoms with Crippen molar-refractivity contribution in [1.29, 1.82) is 0 Å². The Morgan fingerprint density at radius 2 is 1.73 bits per heavy atom. The van der Waals surface area contributed by atoms with Gasteiger partial charge in [0.15, 0.2) is 0 Å². The highest BCUT2D eigenvalue weighted by molar-refractivity contribution is 6.04. The predicted octanol–water partition coefficient (Wildman–Crippen LogP) is 3.31. The van der Waals surface area contributed by atoms with E-state index in [-0.39, 0.29) is 23.4 Å². The molecule has 0 saturated carbocycles. The van der Waals surface area contributed by atoms with Gasteiger partial charge < -0.3 is 14.8 Å². The Morgan fingerprint density at radius 1 is 1.07 bits per heavy atom. The van der Waals surface area contributed by atoms with Gasteiger partial charge in [-0.25, -0.2) is 9.59 Å². The van der Waals surface area contributed by atoms with Crippen LogP contribution >= 0.6 is 0 Å². The van der Waals surface area contributed by atoms with Crippen molar-refractivity contribution in [3.05, 3.63) is 93.1 Å². The summed E-state index contributed by atoms with van der Waals surface area (Å²) in [6.07, 6.45) is 1.45. The van der Waals surface area contributed by atoms with Crippen LogP contribution in [0.3, 0.4) is 0 Å². The third kappa shape index (κ3) is 4.22. The van der Waals surface area contributed by atoms with Crippen molar-refractivity contribution in [2.24, 2.45) is 0 Å². The molecule has 2 aromatic carbocycles. The summed E-state index contributed by atoms with van der Waals surface area (Å²) in [4.78, 5) is 35.6. The average molecular weight is 408 g/mol. The molecule has 0 amide bonds. The second kappa shape index (κ2) is 9.04. The molecular formula is C22H20N2O6. The van der Waals surface area contributed by atoms with Crippen molar-refractivity contribution < 1.29 is 24.0 Å². The third-order valence-electron chi connectivity index (χ3n) is 4.59. The molecule has 0 radical (unpaired) electrons. The Labute approximate surface area is 173 Å². The number of nitrogens with one attached hydrogen (secondary N) is 1. The molecule has 8 nitrogen and oxygen atoms in total. The van der Waals surface area contributed by atoms with Gasteiger partial charge in [0.1, 0.15) is 0 Å². The maximum atomic E-state index is 12.6. The Bertz CT molecular complexity index is 1030. The molecule has 0 fully saturated rings. The average Bonchev–Trinajstić information content (AvgIpc) is 2.78. The van der Waals surface area contributed by atoms with Gasteiger partial charge in [0.05, 0.1) is 41.5 Å². The summed E-state index contributed by atoms with van der Waals surface area (Å²) in [6.45, 7) is 1.87. The van der Waals surface area contributed by atoms with Gasteiger partial charge in [0.2, 0.25) is 0 Å². The number of carbonyl (C=O) groups is 2. The maximum absolute atomic E-state index is 12.6. The highest BCUT2D eigenvalue weighted by atomic mass is 16.6. The lowest BCUT2D eigenvalue weighted by atomic mass is 9.90. The summed E-state index contributed by atoms with van der Waals surface area (Å²) in [6, 6.07) is 14.3. The monoisotopic (exact) mass is 408 g/mol. The minimum atomic E-state index is -0.674. The number of nitrogens with zero attached hydrogens (tertiary/aromatic N) is 1. The van der Waals surface area contributed by atoms with Crippen LogP contribution in [-0.4, -0.2) is 30.6 Å². The van der Waals surface area contributed by atoms with Crippen LogP contribution < -0.4 is 5.32 Å². The van der Waals surface area contributed by atoms with Gasteiger partial charge in [-0.3, -0.25) is 10.1 Å². The van der Waals surface area contributed by atoms with Crippen LogP contribution in [0.15, 0.2) is 71.8 Å². The number of ether oxygens (including phenoxy) is 2. The van der Waals surface area contributed by atoms with Crippen molar-refractivity contribution in [3.63, 3.8) is 0 Å². The summed E-state index contributed by atoms with van der Waals surface area (Å²) in [5.41, 5.74) is 2.14. The Morgan fingerprint density at radius 3 is 2.30 bits per heavy atom. The van der Waals surface area contributed by atoms with Gasteiger partial charge in [0.25, 0.3) is 5.69 Å². The van der Waals surface area contributed by atoms with Crippen molar-refractivity contribution >= 4 is 23.3 Å². The summed E-state index contributed by atoms with van der Waals surface area (Å²) in [5, 5.41) is 14.2. The Balaban J connectivity index is 2.14. The number of non-ortho nitro benzene ring substituents is 1. The number of hydrogen-bond acceptors (Lipinski definition) is 7. The summed E-state index contributed by atoms with van der Waals surface area (Å²) in [5.74, 6) is -1.20. The first-order valence-corrected chi connectivity index (χ1v) is 9.23. The van der Waals surface area contributed by atoms with E-state index in [1.54, 1.807) is 19.1 Å². The van der Waals surface area contributed by atoms with E-state index < -0.39 is 22.9 Å². The van der Waals surface area contributed by atoms with E-state index in [9.17, 15) is 19.7 Å². The van der Waals surface area contributed by atoms with Crippen LogP contribution in [0.25, 0.3) is 5.70 Å². The molecule has 2 aromatic rings. The number of nitro groups is 1. The van der Waals surface area contributed by atoms with Crippen molar-refractivity contribution in [3.8, 4) is 0 Å². The minimum Gasteiger partial charge on any atom is -0.466 e. The molecule has 0 aliphatic carbocycles. The van der Waals surface area contributed by atoms with Gasteiger partial charge >= 0.3 is 11.9 Å². The molecule has 3 rings (SSSR count). The van der Waals surface area contributed by atoms with Crippen LogP contribution in [-0.2, 0) is 19.1 Å². The van der Waals surface area contributed by atoms with Gasteiger partial charge in [0, 0.05) is 12.1 Å². The van der Waals surface area contributed by atoms with Crippen LogP contribution in [0.1, 0.15) is 24.1 Å². The molecule has 8 heteroatoms. The van der Waals surface area contributed by atoms with Gasteiger partial charge in [-0.1, -0.05) is 30.3 Å². The summed E-state index contributed by atoms with van der Waals surface area (Å²) < 4.78 is 10.1. The summed E-state index contributed by atoms with van der Waals surface area (Å²) in [7, 11) is 1.25. The van der Waals surface area contributed by atoms with E-state index in [0.29, 0.717) is 11.3 Å². The molecule has 1 heterocycles. The molecule has 1 unspecified atom stereocenters. The lowest BCUT2D eigenvalue weighted by Crippen LogP contribution is -2.32. The maximum Gasteiger partial charge on any atom is 0.340 e. The number of rotatable bonds is 6. The number of dihydropyridines is 1. The fourth-order valence-electron chi connectivity index (χ4n) is 3.17. The van der Waals surface area contributed by atoms with Gasteiger partial charge in [-0.05, 0) is 36.3 Å². The molecule has 154 valence electrons. The summed E-state index contributed by atoms with van der Waals surface area (Å²) >= 11 is 0. The fourth-order valence-corrected chi connectivity index (χ4v) is 3.17. The minimum absolute atomic E-state index is 0.0656.